The molecule has 0 radical (unpaired) electrons. The second-order valence-corrected chi connectivity index (χ2v) is 8.76. The number of nitrogens with one attached hydrogen (secondary N) is 1. The van der Waals surface area contributed by atoms with Crippen LogP contribution in [0.5, 0.6) is 5.75 Å². The van der Waals surface area contributed by atoms with Gasteiger partial charge in [-0.3, -0.25) is 9.59 Å². The number of nitrogens with zero attached hydrogens (tertiary/aromatic N) is 2. The Balaban J connectivity index is 0.000000784. The number of rotatable bonds is 8. The highest BCUT2D eigenvalue weighted by Crippen LogP contribution is 2.33. The number of pyridine rings is 1. The van der Waals surface area contributed by atoms with Gasteiger partial charge in [0.05, 0.1) is 10.4 Å². The molecule has 2 heterocycles. The average Bonchev–Trinajstić information content (AvgIpc) is 3.17. The van der Waals surface area contributed by atoms with E-state index in [0.29, 0.717) is 0 Å². The van der Waals surface area contributed by atoms with Gasteiger partial charge in [-0.1, -0.05) is 13.0 Å². The second kappa shape index (κ2) is 11.2. The molecule has 3 aromatic rings. The molecule has 1 atom stereocenters. The number of carboxylic acids is 2. The van der Waals surface area contributed by atoms with Crippen molar-refractivity contribution in [3.05, 3.63) is 59.9 Å². The zero-order valence-electron chi connectivity index (χ0n) is 18.5. The van der Waals surface area contributed by atoms with Crippen LogP contribution in [0.1, 0.15) is 31.5 Å². The van der Waals surface area contributed by atoms with Crippen LogP contribution >= 0.6 is 0 Å². The molecule has 2 aromatic heterocycles. The maximum atomic E-state index is 13.3. The first-order valence-corrected chi connectivity index (χ1v) is 11.5. The molecule has 0 amide bonds. The summed E-state index contributed by atoms with van der Waals surface area (Å²) in [5, 5.41) is 20.1. The predicted molar refractivity (Wildman–Crippen MR) is 116 cm³/mol. The number of carboxylic acid groups (broad SMARTS) is 2. The smallest absolute Gasteiger partial charge is 0.435 e. The Labute approximate surface area is 198 Å². The molecule has 0 bridgehead atoms. The number of hydrogen-bond donors (Lipinski definition) is 3. The summed E-state index contributed by atoms with van der Waals surface area (Å²) in [6.07, 6.45) is -3.06. The maximum Gasteiger partial charge on any atom is 0.435 e. The van der Waals surface area contributed by atoms with E-state index in [0.717, 1.165) is 16.6 Å². The van der Waals surface area contributed by atoms with Gasteiger partial charge in [-0.05, 0) is 43.3 Å². The third-order valence-electron chi connectivity index (χ3n) is 4.43. The molecule has 0 aliphatic carbocycles. The summed E-state index contributed by atoms with van der Waals surface area (Å²) < 4.78 is 72.7. The summed E-state index contributed by atoms with van der Waals surface area (Å²) in [4.78, 5) is 20.0. The molecule has 0 aliphatic rings. The molecule has 1 aromatic carbocycles. The fraction of sp³-hybridized carbons (Fsp3) is 0.286. The van der Waals surface area contributed by atoms with E-state index in [2.05, 4.69) is 5.10 Å². The van der Waals surface area contributed by atoms with Crippen LogP contribution < -0.4 is 9.46 Å². The Morgan fingerprint density at radius 3 is 2.26 bits per heavy atom. The Bertz CT molecular complexity index is 1290. The van der Waals surface area contributed by atoms with Crippen LogP contribution in [-0.4, -0.2) is 46.2 Å². The number of fused-ring (bicyclic) bond motifs is 1. The first kappa shape index (κ1) is 27.6. The lowest BCUT2D eigenvalue weighted by atomic mass is 10.2. The van der Waals surface area contributed by atoms with Crippen LogP contribution in [0.25, 0.3) is 5.52 Å². The van der Waals surface area contributed by atoms with Crippen LogP contribution in [0, 0.1) is 0 Å². The van der Waals surface area contributed by atoms with E-state index in [-0.39, 0.29) is 28.1 Å². The lowest BCUT2D eigenvalue weighted by Crippen LogP contribution is -2.38. The van der Waals surface area contributed by atoms with E-state index in [4.69, 9.17) is 14.9 Å². The number of aromatic nitrogens is 2. The number of ether oxygens (including phenoxy) is 1. The minimum absolute atomic E-state index is 0.128. The number of benzene rings is 1. The largest absolute Gasteiger partial charge is 0.489 e. The number of alkyl halides is 3. The van der Waals surface area contributed by atoms with Gasteiger partial charge in [-0.2, -0.15) is 23.0 Å². The van der Waals surface area contributed by atoms with Crippen LogP contribution in [0.4, 0.5) is 13.2 Å². The van der Waals surface area contributed by atoms with Gasteiger partial charge in [0.1, 0.15) is 18.4 Å². The van der Waals surface area contributed by atoms with Crippen molar-refractivity contribution in [2.24, 2.45) is 0 Å². The van der Waals surface area contributed by atoms with Crippen molar-refractivity contribution >= 4 is 27.5 Å². The van der Waals surface area contributed by atoms with Crippen LogP contribution in [0.15, 0.2) is 53.6 Å². The SMILES string of the molecule is CC(NS(=O)(=O)c1ccc(OCc2c(C(F)(F)F)nn3ccccc23)cc1)C(=O)O.CCC(=O)O. The highest BCUT2D eigenvalue weighted by Gasteiger charge is 2.38. The van der Waals surface area contributed by atoms with E-state index in [1.807, 2.05) is 4.72 Å². The standard InChI is InChI=1S/C18H16F3N3O5S.C3H6O2/c1-11(17(25)26)23-30(27,28)13-7-5-12(6-8-13)29-10-14-15-4-2-3-9-24(15)22-16(14)18(19,20)21;1-2-3(4)5/h2-9,11,23H,10H2,1H3,(H,25,26);2H2,1H3,(H,4,5). The van der Waals surface area contributed by atoms with Crippen molar-refractivity contribution in [2.45, 2.75) is 44.0 Å². The van der Waals surface area contributed by atoms with Gasteiger partial charge in [0.2, 0.25) is 10.0 Å². The number of sulfonamides is 1. The monoisotopic (exact) mass is 517 g/mol. The molecule has 3 N–H and O–H groups in total. The third kappa shape index (κ3) is 7.42. The molecule has 1 unspecified atom stereocenters. The topological polar surface area (TPSA) is 147 Å². The number of aliphatic carboxylic acids is 2. The molecule has 35 heavy (non-hydrogen) atoms. The second-order valence-electron chi connectivity index (χ2n) is 7.04. The molecule has 0 spiro atoms. The van der Waals surface area contributed by atoms with Crippen molar-refractivity contribution in [3.63, 3.8) is 0 Å². The summed E-state index contributed by atoms with van der Waals surface area (Å²) in [6.45, 7) is 2.33. The zero-order chi connectivity index (χ0) is 26.4. The zero-order valence-corrected chi connectivity index (χ0v) is 19.3. The Kier molecular flexibility index (Phi) is 8.82. The van der Waals surface area contributed by atoms with Crippen molar-refractivity contribution in [1.29, 1.82) is 0 Å². The fourth-order valence-electron chi connectivity index (χ4n) is 2.64. The van der Waals surface area contributed by atoms with E-state index in [1.165, 1.54) is 31.3 Å². The quantitative estimate of drug-likeness (QED) is 0.413. The number of carbonyl (C=O) groups is 2. The summed E-state index contributed by atoms with van der Waals surface area (Å²) in [5.74, 6) is -1.96. The van der Waals surface area contributed by atoms with E-state index in [1.54, 1.807) is 19.1 Å². The number of halogens is 3. The molecule has 0 saturated carbocycles. The summed E-state index contributed by atoms with van der Waals surface area (Å²) in [5.41, 5.74) is -0.993. The van der Waals surface area contributed by atoms with Gasteiger partial charge in [0.15, 0.2) is 5.69 Å². The minimum Gasteiger partial charge on any atom is -0.489 e. The lowest BCUT2D eigenvalue weighted by molar-refractivity contribution is -0.142. The van der Waals surface area contributed by atoms with Crippen molar-refractivity contribution in [3.8, 4) is 5.75 Å². The van der Waals surface area contributed by atoms with Gasteiger partial charge >= 0.3 is 18.1 Å². The van der Waals surface area contributed by atoms with Crippen LogP contribution in [0.2, 0.25) is 0 Å². The normalized spacial score (nSPS) is 12.5. The van der Waals surface area contributed by atoms with Crippen LogP contribution in [0.3, 0.4) is 0 Å². The Hall–Kier alpha value is -3.65. The first-order chi connectivity index (χ1) is 16.3. The van der Waals surface area contributed by atoms with Gasteiger partial charge in [0, 0.05) is 18.2 Å². The van der Waals surface area contributed by atoms with E-state index < -0.39 is 46.5 Å². The molecule has 14 heteroatoms. The van der Waals surface area contributed by atoms with Crippen molar-refractivity contribution in [2.75, 3.05) is 0 Å². The molecule has 0 fully saturated rings. The lowest BCUT2D eigenvalue weighted by Gasteiger charge is -2.11. The Morgan fingerprint density at radius 2 is 1.74 bits per heavy atom. The van der Waals surface area contributed by atoms with Crippen molar-refractivity contribution in [1.82, 2.24) is 14.3 Å². The minimum atomic E-state index is -4.67. The summed E-state index contributed by atoms with van der Waals surface area (Å²) in [6, 6.07) is 8.11. The molecular formula is C21H22F3N3O7S. The summed E-state index contributed by atoms with van der Waals surface area (Å²) >= 11 is 0. The fourth-order valence-corrected chi connectivity index (χ4v) is 3.84. The maximum absolute atomic E-state index is 13.3. The predicted octanol–water partition coefficient (Wildman–Crippen LogP) is 3.16. The average molecular weight is 517 g/mol. The van der Waals surface area contributed by atoms with Crippen LogP contribution in [-0.2, 0) is 32.4 Å². The number of hydrogen-bond acceptors (Lipinski definition) is 6. The van der Waals surface area contributed by atoms with Crippen molar-refractivity contribution < 1.29 is 46.1 Å². The molecule has 3 rings (SSSR count). The molecule has 0 saturated heterocycles. The van der Waals surface area contributed by atoms with Gasteiger partial charge in [-0.15, -0.1) is 0 Å². The van der Waals surface area contributed by atoms with E-state index >= 15 is 0 Å². The highest BCUT2D eigenvalue weighted by molar-refractivity contribution is 7.89. The highest BCUT2D eigenvalue weighted by atomic mass is 32.2. The molecular weight excluding hydrogens is 495 g/mol. The Morgan fingerprint density at radius 1 is 1.14 bits per heavy atom. The van der Waals surface area contributed by atoms with Gasteiger partial charge in [-0.25, -0.2) is 12.9 Å². The molecule has 190 valence electrons. The van der Waals surface area contributed by atoms with Gasteiger partial charge in [0.25, 0.3) is 0 Å². The van der Waals surface area contributed by atoms with Gasteiger partial charge < -0.3 is 14.9 Å². The first-order valence-electron chi connectivity index (χ1n) is 9.99. The molecule has 10 nitrogen and oxygen atoms in total. The molecule has 0 aliphatic heterocycles. The van der Waals surface area contributed by atoms with E-state index in [9.17, 15) is 31.2 Å². The summed E-state index contributed by atoms with van der Waals surface area (Å²) in [7, 11) is -4.08. The third-order valence-corrected chi connectivity index (χ3v) is 5.99.